The minimum Gasteiger partial charge on any atom is -0.416 e. The van der Waals surface area contributed by atoms with Gasteiger partial charge in [-0.25, -0.2) is 0 Å². The maximum atomic E-state index is 12.4. The van der Waals surface area contributed by atoms with E-state index in [2.05, 4.69) is 40.5 Å². The zero-order valence-electron chi connectivity index (χ0n) is 13.9. The zero-order valence-corrected chi connectivity index (χ0v) is 14.7. The Morgan fingerprint density at radius 1 is 1.21 bits per heavy atom. The summed E-state index contributed by atoms with van der Waals surface area (Å²) in [6.45, 7) is 3.76. The number of thioether (sulfide) groups is 1. The first-order valence-electron chi connectivity index (χ1n) is 7.72. The normalized spacial score (nSPS) is 12.3. The molecule has 24 heavy (non-hydrogen) atoms. The molecular formula is C18H19N3O2S. The Bertz CT molecular complexity index is 862. The quantitative estimate of drug-likeness (QED) is 0.660. The van der Waals surface area contributed by atoms with Crippen LogP contribution in [0.3, 0.4) is 0 Å². The van der Waals surface area contributed by atoms with Gasteiger partial charge in [-0.3, -0.25) is 4.79 Å². The highest BCUT2D eigenvalue weighted by Gasteiger charge is 2.18. The van der Waals surface area contributed by atoms with Crippen molar-refractivity contribution in [1.29, 1.82) is 0 Å². The van der Waals surface area contributed by atoms with Gasteiger partial charge < -0.3 is 9.32 Å². The topological polar surface area (TPSA) is 59.2 Å². The van der Waals surface area contributed by atoms with Gasteiger partial charge in [0.1, 0.15) is 0 Å². The van der Waals surface area contributed by atoms with E-state index in [1.54, 1.807) is 11.8 Å². The number of aryl methyl sites for hydroxylation is 1. The molecule has 6 heteroatoms. The second-order valence-electron chi connectivity index (χ2n) is 5.66. The Morgan fingerprint density at radius 2 is 1.96 bits per heavy atom. The fourth-order valence-electron chi connectivity index (χ4n) is 2.47. The predicted molar refractivity (Wildman–Crippen MR) is 94.9 cm³/mol. The van der Waals surface area contributed by atoms with E-state index in [1.807, 2.05) is 26.1 Å². The largest absolute Gasteiger partial charge is 0.416 e. The summed E-state index contributed by atoms with van der Waals surface area (Å²) in [6.07, 6.45) is 0. The van der Waals surface area contributed by atoms with Gasteiger partial charge in [0.2, 0.25) is 11.8 Å². The van der Waals surface area contributed by atoms with Crippen molar-refractivity contribution in [3.63, 3.8) is 0 Å². The second kappa shape index (κ2) is 7.05. The average molecular weight is 341 g/mol. The van der Waals surface area contributed by atoms with Crippen LogP contribution in [0.25, 0.3) is 10.8 Å². The average Bonchev–Trinajstić information content (AvgIpc) is 3.03. The third kappa shape index (κ3) is 3.59. The summed E-state index contributed by atoms with van der Waals surface area (Å²) in [5, 5.41) is 10.5. The molecule has 0 unspecified atom stereocenters. The highest BCUT2D eigenvalue weighted by Crippen LogP contribution is 2.25. The number of nitrogens with zero attached hydrogens (tertiary/aromatic N) is 3. The molecule has 1 amide bonds. The molecule has 0 saturated heterocycles. The lowest BCUT2D eigenvalue weighted by Gasteiger charge is -2.25. The van der Waals surface area contributed by atoms with Crippen molar-refractivity contribution >= 4 is 28.4 Å². The summed E-state index contributed by atoms with van der Waals surface area (Å²) in [5.74, 6) is 0.801. The minimum absolute atomic E-state index is 0.00729. The molecule has 124 valence electrons. The van der Waals surface area contributed by atoms with Gasteiger partial charge >= 0.3 is 0 Å². The molecule has 1 aromatic heterocycles. The van der Waals surface area contributed by atoms with Crippen molar-refractivity contribution in [2.24, 2.45) is 0 Å². The lowest BCUT2D eigenvalue weighted by Crippen LogP contribution is -2.31. The Kier molecular flexibility index (Phi) is 4.85. The SMILES string of the molecule is Cc1nnc(SCC(=O)N(C)[C@H](C)c2ccc3ccccc3c2)o1. The van der Waals surface area contributed by atoms with Gasteiger partial charge in [0, 0.05) is 14.0 Å². The number of rotatable bonds is 5. The van der Waals surface area contributed by atoms with Gasteiger partial charge in [-0.1, -0.05) is 48.2 Å². The van der Waals surface area contributed by atoms with E-state index >= 15 is 0 Å². The fourth-order valence-corrected chi connectivity index (χ4v) is 3.20. The monoisotopic (exact) mass is 341 g/mol. The lowest BCUT2D eigenvalue weighted by atomic mass is 10.0. The Labute approximate surface area is 145 Å². The smallest absolute Gasteiger partial charge is 0.277 e. The molecule has 1 heterocycles. The number of carbonyl (C=O) groups is 1. The lowest BCUT2D eigenvalue weighted by molar-refractivity contribution is -0.128. The zero-order chi connectivity index (χ0) is 17.1. The summed E-state index contributed by atoms with van der Waals surface area (Å²) in [4.78, 5) is 14.2. The highest BCUT2D eigenvalue weighted by atomic mass is 32.2. The molecule has 1 atom stereocenters. The van der Waals surface area contributed by atoms with Crippen LogP contribution in [-0.4, -0.2) is 33.8 Å². The van der Waals surface area contributed by atoms with Gasteiger partial charge in [0.25, 0.3) is 5.22 Å². The Balaban J connectivity index is 1.67. The molecule has 3 rings (SSSR count). The molecule has 2 aromatic carbocycles. The van der Waals surface area contributed by atoms with Crippen molar-refractivity contribution in [2.75, 3.05) is 12.8 Å². The van der Waals surface area contributed by atoms with Crippen molar-refractivity contribution < 1.29 is 9.21 Å². The van der Waals surface area contributed by atoms with E-state index < -0.39 is 0 Å². The van der Waals surface area contributed by atoms with Gasteiger partial charge in [0.05, 0.1) is 11.8 Å². The summed E-state index contributed by atoms with van der Waals surface area (Å²) in [6, 6.07) is 14.5. The molecule has 0 radical (unpaired) electrons. The molecule has 0 aliphatic carbocycles. The molecule has 0 aliphatic heterocycles. The number of amides is 1. The van der Waals surface area contributed by atoms with Crippen molar-refractivity contribution in [3.05, 3.63) is 53.9 Å². The molecule has 5 nitrogen and oxygen atoms in total. The summed E-state index contributed by atoms with van der Waals surface area (Å²) >= 11 is 1.26. The first-order chi connectivity index (χ1) is 11.5. The number of benzene rings is 2. The molecule has 0 aliphatic rings. The van der Waals surface area contributed by atoms with Crippen LogP contribution in [-0.2, 0) is 4.79 Å². The first-order valence-corrected chi connectivity index (χ1v) is 8.70. The van der Waals surface area contributed by atoms with Crippen LogP contribution in [0, 0.1) is 6.92 Å². The first kappa shape index (κ1) is 16.5. The Hall–Kier alpha value is -2.34. The molecule has 0 N–H and O–H groups in total. The maximum absolute atomic E-state index is 12.4. The van der Waals surface area contributed by atoms with Gasteiger partial charge in [-0.05, 0) is 29.3 Å². The standard InChI is InChI=1S/C18H19N3O2S/c1-12(15-9-8-14-6-4-5-7-16(14)10-15)21(3)17(22)11-24-18-20-19-13(2)23-18/h4-10,12H,11H2,1-3H3/t12-/m1/s1. The van der Waals surface area contributed by atoms with E-state index in [9.17, 15) is 4.79 Å². The predicted octanol–water partition coefficient (Wildman–Crippen LogP) is 3.84. The third-order valence-electron chi connectivity index (χ3n) is 4.06. The van der Waals surface area contributed by atoms with Crippen LogP contribution in [0.5, 0.6) is 0 Å². The van der Waals surface area contributed by atoms with Crippen LogP contribution in [0.4, 0.5) is 0 Å². The van der Waals surface area contributed by atoms with Crippen molar-refractivity contribution in [3.8, 4) is 0 Å². The fraction of sp³-hybridized carbons (Fsp3) is 0.278. The van der Waals surface area contributed by atoms with Gasteiger partial charge in [-0.2, -0.15) is 0 Å². The molecular weight excluding hydrogens is 322 g/mol. The van der Waals surface area contributed by atoms with Crippen LogP contribution < -0.4 is 0 Å². The number of hydrogen-bond acceptors (Lipinski definition) is 5. The number of aromatic nitrogens is 2. The number of hydrogen-bond donors (Lipinski definition) is 0. The van der Waals surface area contributed by atoms with Gasteiger partial charge in [-0.15, -0.1) is 10.2 Å². The molecule has 3 aromatic rings. The third-order valence-corrected chi connectivity index (χ3v) is 4.86. The number of fused-ring (bicyclic) bond motifs is 1. The minimum atomic E-state index is -0.00729. The summed E-state index contributed by atoms with van der Waals surface area (Å²) in [7, 11) is 1.82. The maximum Gasteiger partial charge on any atom is 0.277 e. The van der Waals surface area contributed by atoms with E-state index in [0.717, 1.165) is 5.56 Å². The molecule has 0 spiro atoms. The highest BCUT2D eigenvalue weighted by molar-refractivity contribution is 7.99. The van der Waals surface area contributed by atoms with Crippen LogP contribution >= 0.6 is 11.8 Å². The van der Waals surface area contributed by atoms with E-state index in [4.69, 9.17) is 4.42 Å². The molecule has 0 bridgehead atoms. The van der Waals surface area contributed by atoms with Crippen LogP contribution in [0.15, 0.2) is 52.1 Å². The molecule has 0 saturated carbocycles. The van der Waals surface area contributed by atoms with Crippen LogP contribution in [0.1, 0.15) is 24.4 Å². The van der Waals surface area contributed by atoms with Crippen LogP contribution in [0.2, 0.25) is 0 Å². The van der Waals surface area contributed by atoms with Crippen molar-refractivity contribution in [1.82, 2.24) is 15.1 Å². The van der Waals surface area contributed by atoms with E-state index in [0.29, 0.717) is 11.1 Å². The molecule has 0 fully saturated rings. The Morgan fingerprint density at radius 3 is 2.67 bits per heavy atom. The number of carbonyl (C=O) groups excluding carboxylic acids is 1. The summed E-state index contributed by atoms with van der Waals surface area (Å²) < 4.78 is 5.28. The summed E-state index contributed by atoms with van der Waals surface area (Å²) in [5.41, 5.74) is 1.11. The van der Waals surface area contributed by atoms with E-state index in [-0.39, 0.29) is 17.7 Å². The van der Waals surface area contributed by atoms with Gasteiger partial charge in [0.15, 0.2) is 0 Å². The second-order valence-corrected chi connectivity index (χ2v) is 6.59. The van der Waals surface area contributed by atoms with Crippen molar-refractivity contribution in [2.45, 2.75) is 25.1 Å². The van der Waals surface area contributed by atoms with E-state index in [1.165, 1.54) is 22.5 Å².